The highest BCUT2D eigenvalue weighted by atomic mass is 16.1. The highest BCUT2D eigenvalue weighted by molar-refractivity contribution is 6.00. The number of carbonyl (C=O) groups excluding carboxylic acids is 1. The third-order valence-corrected chi connectivity index (χ3v) is 3.20. The number of aryl methyl sites for hydroxylation is 1. The lowest BCUT2D eigenvalue weighted by molar-refractivity contribution is 0.0999. The van der Waals surface area contributed by atoms with Crippen LogP contribution in [0.2, 0.25) is 0 Å². The summed E-state index contributed by atoms with van der Waals surface area (Å²) in [6.45, 7) is 5.94. The van der Waals surface area contributed by atoms with Gasteiger partial charge >= 0.3 is 0 Å². The first-order valence-corrected chi connectivity index (χ1v) is 6.44. The molecule has 5 heteroatoms. The number of nitrogens with zero attached hydrogens (tertiary/aromatic N) is 2. The van der Waals surface area contributed by atoms with Gasteiger partial charge in [0.15, 0.2) is 0 Å². The molecule has 1 amide bonds. The molecule has 0 bridgehead atoms. The summed E-state index contributed by atoms with van der Waals surface area (Å²) in [5.74, 6) is 0.0257. The molecule has 0 aliphatic carbocycles. The van der Waals surface area contributed by atoms with Gasteiger partial charge in [-0.2, -0.15) is 0 Å². The van der Waals surface area contributed by atoms with Crippen molar-refractivity contribution in [2.45, 2.75) is 26.7 Å². The van der Waals surface area contributed by atoms with E-state index < -0.39 is 5.91 Å². The Balaban J connectivity index is 2.59. The molecule has 0 spiro atoms. The van der Waals surface area contributed by atoms with Crippen molar-refractivity contribution < 1.29 is 4.79 Å². The number of primary amides is 1. The van der Waals surface area contributed by atoms with Crippen molar-refractivity contribution >= 4 is 11.9 Å². The van der Waals surface area contributed by atoms with Gasteiger partial charge in [-0.1, -0.05) is 38.1 Å². The van der Waals surface area contributed by atoms with Crippen molar-refractivity contribution in [3.05, 3.63) is 41.1 Å². The topological polar surface area (TPSA) is 94.9 Å². The first kappa shape index (κ1) is 14.0. The van der Waals surface area contributed by atoms with E-state index in [1.54, 1.807) is 6.92 Å². The van der Waals surface area contributed by atoms with E-state index in [0.29, 0.717) is 22.9 Å². The maximum atomic E-state index is 11.6. The molecule has 0 fully saturated rings. The number of hydrogen-bond acceptors (Lipinski definition) is 4. The predicted octanol–water partition coefficient (Wildman–Crippen LogP) is 2.26. The number of nitrogens with two attached hydrogens (primary N) is 2. The highest BCUT2D eigenvalue weighted by Gasteiger charge is 2.17. The molecule has 0 aliphatic rings. The van der Waals surface area contributed by atoms with Crippen LogP contribution in [0.5, 0.6) is 0 Å². The average Bonchev–Trinajstić information content (AvgIpc) is 2.37. The summed E-state index contributed by atoms with van der Waals surface area (Å²) in [6.07, 6.45) is 0. The smallest absolute Gasteiger partial charge is 0.252 e. The predicted molar refractivity (Wildman–Crippen MR) is 79.2 cm³/mol. The summed E-state index contributed by atoms with van der Waals surface area (Å²) < 4.78 is 0. The Morgan fingerprint density at radius 2 is 1.75 bits per heavy atom. The van der Waals surface area contributed by atoms with Crippen LogP contribution in [-0.4, -0.2) is 15.9 Å². The van der Waals surface area contributed by atoms with E-state index in [4.69, 9.17) is 11.5 Å². The SMILES string of the molecule is Cc1nc(N)nc(-c2ccc(C(C)C)cc2)c1C(N)=O. The van der Waals surface area contributed by atoms with E-state index in [2.05, 4.69) is 23.8 Å². The lowest BCUT2D eigenvalue weighted by atomic mass is 9.98. The molecule has 2 aromatic rings. The Morgan fingerprint density at radius 1 is 1.15 bits per heavy atom. The van der Waals surface area contributed by atoms with Gasteiger partial charge in [-0.3, -0.25) is 4.79 Å². The minimum atomic E-state index is -0.551. The van der Waals surface area contributed by atoms with Gasteiger partial charge in [-0.05, 0) is 18.4 Å². The minimum Gasteiger partial charge on any atom is -0.368 e. The fourth-order valence-corrected chi connectivity index (χ4v) is 2.12. The maximum Gasteiger partial charge on any atom is 0.252 e. The Kier molecular flexibility index (Phi) is 3.70. The van der Waals surface area contributed by atoms with Crippen molar-refractivity contribution in [2.24, 2.45) is 5.73 Å². The van der Waals surface area contributed by atoms with Crippen LogP contribution in [0.1, 0.15) is 41.4 Å². The molecule has 0 unspecified atom stereocenters. The van der Waals surface area contributed by atoms with Gasteiger partial charge in [0, 0.05) is 5.56 Å². The van der Waals surface area contributed by atoms with Crippen LogP contribution in [0.4, 0.5) is 5.95 Å². The van der Waals surface area contributed by atoms with E-state index in [1.807, 2.05) is 24.3 Å². The molecule has 1 aromatic heterocycles. The summed E-state index contributed by atoms with van der Waals surface area (Å²) in [4.78, 5) is 19.8. The first-order chi connectivity index (χ1) is 9.40. The molecule has 5 nitrogen and oxygen atoms in total. The molecule has 1 aromatic carbocycles. The Hall–Kier alpha value is -2.43. The van der Waals surface area contributed by atoms with Crippen molar-refractivity contribution in [2.75, 3.05) is 5.73 Å². The van der Waals surface area contributed by atoms with Crippen molar-refractivity contribution in [1.82, 2.24) is 9.97 Å². The first-order valence-electron chi connectivity index (χ1n) is 6.44. The Morgan fingerprint density at radius 3 is 2.25 bits per heavy atom. The fourth-order valence-electron chi connectivity index (χ4n) is 2.12. The number of anilines is 1. The van der Waals surface area contributed by atoms with Gasteiger partial charge in [0.25, 0.3) is 5.91 Å². The molecule has 0 aliphatic heterocycles. The van der Waals surface area contributed by atoms with Crippen LogP contribution in [0.25, 0.3) is 11.3 Å². The third-order valence-electron chi connectivity index (χ3n) is 3.20. The monoisotopic (exact) mass is 270 g/mol. The Labute approximate surface area is 118 Å². The summed E-state index contributed by atoms with van der Waals surface area (Å²) in [5, 5.41) is 0. The van der Waals surface area contributed by atoms with Crippen LogP contribution in [0.15, 0.2) is 24.3 Å². The number of amides is 1. The zero-order valence-electron chi connectivity index (χ0n) is 11.8. The van der Waals surface area contributed by atoms with Gasteiger partial charge in [0.05, 0.1) is 17.0 Å². The largest absolute Gasteiger partial charge is 0.368 e. The standard InChI is InChI=1S/C15H18N4O/c1-8(2)10-4-6-11(7-5-10)13-12(14(16)20)9(3)18-15(17)19-13/h4-8H,1-3H3,(H2,16,20)(H2,17,18,19). The molecule has 1 heterocycles. The number of hydrogen-bond donors (Lipinski definition) is 2. The zero-order chi connectivity index (χ0) is 14.9. The quantitative estimate of drug-likeness (QED) is 0.894. The van der Waals surface area contributed by atoms with Crippen LogP contribution < -0.4 is 11.5 Å². The maximum absolute atomic E-state index is 11.6. The van der Waals surface area contributed by atoms with E-state index in [1.165, 1.54) is 5.56 Å². The van der Waals surface area contributed by atoms with Gasteiger partial charge in [0.2, 0.25) is 5.95 Å². The van der Waals surface area contributed by atoms with E-state index in [0.717, 1.165) is 5.56 Å². The average molecular weight is 270 g/mol. The van der Waals surface area contributed by atoms with Crippen LogP contribution in [-0.2, 0) is 0 Å². The molecule has 0 saturated heterocycles. The number of benzene rings is 1. The van der Waals surface area contributed by atoms with E-state index >= 15 is 0 Å². The van der Waals surface area contributed by atoms with Gasteiger partial charge in [-0.15, -0.1) is 0 Å². The fraction of sp³-hybridized carbons (Fsp3) is 0.267. The summed E-state index contributed by atoms with van der Waals surface area (Å²) in [5.41, 5.74) is 14.4. The van der Waals surface area contributed by atoms with Crippen molar-refractivity contribution in [3.8, 4) is 11.3 Å². The number of carbonyl (C=O) groups is 1. The van der Waals surface area contributed by atoms with Gasteiger partial charge < -0.3 is 11.5 Å². The summed E-state index contributed by atoms with van der Waals surface area (Å²) in [6, 6.07) is 7.86. The second kappa shape index (κ2) is 5.28. The van der Waals surface area contributed by atoms with Crippen LogP contribution >= 0.6 is 0 Å². The molecule has 4 N–H and O–H groups in total. The van der Waals surface area contributed by atoms with Crippen molar-refractivity contribution in [1.29, 1.82) is 0 Å². The molecule has 20 heavy (non-hydrogen) atoms. The molecule has 0 atom stereocenters. The van der Waals surface area contributed by atoms with Crippen LogP contribution in [0.3, 0.4) is 0 Å². The van der Waals surface area contributed by atoms with Crippen molar-refractivity contribution in [3.63, 3.8) is 0 Å². The van der Waals surface area contributed by atoms with Gasteiger partial charge in [0.1, 0.15) is 0 Å². The van der Waals surface area contributed by atoms with Crippen LogP contribution in [0, 0.1) is 6.92 Å². The second-order valence-corrected chi connectivity index (χ2v) is 5.03. The number of nitrogen functional groups attached to an aromatic ring is 1. The lowest BCUT2D eigenvalue weighted by Crippen LogP contribution is -2.17. The minimum absolute atomic E-state index is 0.135. The third kappa shape index (κ3) is 2.61. The van der Waals surface area contributed by atoms with E-state index in [-0.39, 0.29) is 5.95 Å². The van der Waals surface area contributed by atoms with Gasteiger partial charge in [-0.25, -0.2) is 9.97 Å². The zero-order valence-corrected chi connectivity index (χ0v) is 11.8. The summed E-state index contributed by atoms with van der Waals surface area (Å²) >= 11 is 0. The normalized spacial score (nSPS) is 10.8. The Bertz CT molecular complexity index is 648. The molecule has 0 radical (unpaired) electrons. The number of aromatic nitrogens is 2. The molecule has 2 rings (SSSR count). The highest BCUT2D eigenvalue weighted by Crippen LogP contribution is 2.26. The van der Waals surface area contributed by atoms with E-state index in [9.17, 15) is 4.79 Å². The lowest BCUT2D eigenvalue weighted by Gasteiger charge is -2.11. The molecule has 0 saturated carbocycles. The molecular weight excluding hydrogens is 252 g/mol. The number of rotatable bonds is 3. The summed E-state index contributed by atoms with van der Waals surface area (Å²) in [7, 11) is 0. The molecule has 104 valence electrons. The second-order valence-electron chi connectivity index (χ2n) is 5.03. The molecular formula is C15H18N4O.